The van der Waals surface area contributed by atoms with E-state index < -0.39 is 28.1 Å². The number of sulfonamides is 1. The fourth-order valence-electron chi connectivity index (χ4n) is 3.81. The molecule has 0 saturated heterocycles. The van der Waals surface area contributed by atoms with Crippen molar-refractivity contribution in [1.82, 2.24) is 10.0 Å². The number of carboxylic acid groups (broad SMARTS) is 1. The molecule has 1 amide bonds. The van der Waals surface area contributed by atoms with Crippen LogP contribution in [0.25, 0.3) is 10.8 Å². The Morgan fingerprint density at radius 1 is 0.944 bits per heavy atom. The number of alkyl carbamates (subject to hydrolysis) is 1. The Kier molecular flexibility index (Phi) is 9.26. The molecule has 36 heavy (non-hydrogen) atoms. The Morgan fingerprint density at radius 3 is 2.33 bits per heavy atom. The van der Waals surface area contributed by atoms with Crippen LogP contribution in [0.5, 0.6) is 0 Å². The van der Waals surface area contributed by atoms with Gasteiger partial charge in [0.05, 0.1) is 4.90 Å². The second-order valence-electron chi connectivity index (χ2n) is 8.52. The Balaban J connectivity index is 1.55. The van der Waals surface area contributed by atoms with Crippen molar-refractivity contribution >= 4 is 38.5 Å². The van der Waals surface area contributed by atoms with Crippen molar-refractivity contribution in [3.8, 4) is 0 Å². The molecule has 0 spiro atoms. The van der Waals surface area contributed by atoms with Gasteiger partial charge in [-0.25, -0.2) is 13.2 Å². The van der Waals surface area contributed by atoms with Gasteiger partial charge in [0.15, 0.2) is 0 Å². The zero-order valence-corrected chi connectivity index (χ0v) is 21.1. The Hall–Kier alpha value is -3.63. The minimum Gasteiger partial charge on any atom is -0.480 e. The van der Waals surface area contributed by atoms with Crippen molar-refractivity contribution < 1.29 is 27.9 Å². The number of rotatable bonds is 12. The van der Waals surface area contributed by atoms with Crippen LogP contribution in [0.1, 0.15) is 24.8 Å². The van der Waals surface area contributed by atoms with Crippen LogP contribution in [0.3, 0.4) is 0 Å². The molecule has 3 aromatic rings. The van der Waals surface area contributed by atoms with Crippen molar-refractivity contribution in [2.45, 2.75) is 36.8 Å². The van der Waals surface area contributed by atoms with Gasteiger partial charge >= 0.3 is 12.1 Å². The van der Waals surface area contributed by atoms with Crippen LogP contribution in [0.2, 0.25) is 0 Å². The number of amides is 1. The molecule has 10 heteroatoms. The number of nitrogens with zero attached hydrogens (tertiary/aromatic N) is 1. The topological polar surface area (TPSA) is 125 Å². The monoisotopic (exact) mass is 513 g/mol. The maximum absolute atomic E-state index is 13.1. The number of ether oxygens (including phenoxy) is 1. The van der Waals surface area contributed by atoms with E-state index in [1.54, 1.807) is 18.2 Å². The molecule has 0 unspecified atom stereocenters. The summed E-state index contributed by atoms with van der Waals surface area (Å²) < 4.78 is 33.8. The van der Waals surface area contributed by atoms with E-state index in [1.807, 2.05) is 61.5 Å². The lowest BCUT2D eigenvalue weighted by Gasteiger charge is -2.18. The average molecular weight is 514 g/mol. The highest BCUT2D eigenvalue weighted by molar-refractivity contribution is 7.89. The smallest absolute Gasteiger partial charge is 0.407 e. The van der Waals surface area contributed by atoms with E-state index in [0.29, 0.717) is 18.2 Å². The van der Waals surface area contributed by atoms with Crippen LogP contribution in [-0.2, 0) is 26.2 Å². The van der Waals surface area contributed by atoms with E-state index in [1.165, 1.54) is 6.07 Å². The molecule has 3 aromatic carbocycles. The van der Waals surface area contributed by atoms with Gasteiger partial charge in [-0.3, -0.25) is 4.79 Å². The summed E-state index contributed by atoms with van der Waals surface area (Å²) in [5, 5.41) is 13.5. The quantitative estimate of drug-likeness (QED) is 0.315. The van der Waals surface area contributed by atoms with Gasteiger partial charge in [0, 0.05) is 37.1 Å². The molecule has 3 rings (SSSR count). The number of anilines is 1. The first kappa shape index (κ1) is 27.0. The number of nitrogens with one attached hydrogen (secondary N) is 2. The molecule has 1 atom stereocenters. The highest BCUT2D eigenvalue weighted by atomic mass is 32.2. The average Bonchev–Trinajstić information content (AvgIpc) is 2.86. The van der Waals surface area contributed by atoms with Crippen molar-refractivity contribution in [1.29, 1.82) is 0 Å². The summed E-state index contributed by atoms with van der Waals surface area (Å²) in [6.07, 6.45) is 0.358. The molecule has 0 aliphatic carbocycles. The zero-order valence-electron chi connectivity index (χ0n) is 20.3. The summed E-state index contributed by atoms with van der Waals surface area (Å²) in [4.78, 5) is 25.5. The Labute approximate surface area is 211 Å². The minimum absolute atomic E-state index is 0.0257. The zero-order chi connectivity index (χ0) is 26.1. The van der Waals surface area contributed by atoms with Gasteiger partial charge in [-0.15, -0.1) is 0 Å². The molecule has 3 N–H and O–H groups in total. The van der Waals surface area contributed by atoms with Gasteiger partial charge < -0.3 is 20.1 Å². The van der Waals surface area contributed by atoms with Crippen LogP contribution in [0, 0.1) is 0 Å². The van der Waals surface area contributed by atoms with Gasteiger partial charge in [-0.2, -0.15) is 4.72 Å². The molecular formula is C26H31N3O6S. The third-order valence-corrected chi connectivity index (χ3v) is 7.16. The number of benzene rings is 3. The molecule has 192 valence electrons. The number of fused-ring (bicyclic) bond motifs is 1. The lowest BCUT2D eigenvalue weighted by molar-refractivity contribution is -0.139. The molecule has 0 aliphatic heterocycles. The molecule has 0 bridgehead atoms. The van der Waals surface area contributed by atoms with Crippen molar-refractivity contribution in [3.63, 3.8) is 0 Å². The summed E-state index contributed by atoms with van der Waals surface area (Å²) >= 11 is 0. The van der Waals surface area contributed by atoms with Gasteiger partial charge in [0.1, 0.15) is 12.6 Å². The third kappa shape index (κ3) is 7.19. The number of carbonyl (C=O) groups is 2. The number of hydrogen-bond acceptors (Lipinski definition) is 6. The van der Waals surface area contributed by atoms with Gasteiger partial charge in [-0.1, -0.05) is 54.6 Å². The van der Waals surface area contributed by atoms with E-state index in [9.17, 15) is 23.1 Å². The predicted molar refractivity (Wildman–Crippen MR) is 139 cm³/mol. The number of aliphatic carboxylic acids is 1. The van der Waals surface area contributed by atoms with Crippen LogP contribution < -0.4 is 14.9 Å². The lowest BCUT2D eigenvalue weighted by atomic mass is 10.1. The van der Waals surface area contributed by atoms with E-state index in [0.717, 1.165) is 16.6 Å². The van der Waals surface area contributed by atoms with Gasteiger partial charge in [-0.05, 0) is 37.0 Å². The van der Waals surface area contributed by atoms with E-state index >= 15 is 0 Å². The SMILES string of the molecule is CN(C)c1cccc2c(S(=O)(=O)N[C@H](CCCCNC(=O)OCc3ccccc3)C(=O)O)cccc12. The highest BCUT2D eigenvalue weighted by Gasteiger charge is 2.26. The number of carboxylic acids is 1. The summed E-state index contributed by atoms with van der Waals surface area (Å²) in [5.74, 6) is -1.26. The van der Waals surface area contributed by atoms with E-state index in [2.05, 4.69) is 10.0 Å². The molecule has 0 fully saturated rings. The first-order chi connectivity index (χ1) is 17.2. The standard InChI is InChI=1S/C26H31N3O6S/c1-29(2)23-15-8-13-21-20(23)12-9-16-24(21)36(33,34)28-22(25(30)31)14-6-7-17-27-26(32)35-18-19-10-4-3-5-11-19/h3-5,8-13,15-16,22,28H,6-7,14,17-18H2,1-2H3,(H,27,32)(H,30,31)/t22-/m1/s1. The van der Waals surface area contributed by atoms with Crippen LogP contribution in [0.15, 0.2) is 71.6 Å². The first-order valence-corrected chi connectivity index (χ1v) is 13.1. The maximum Gasteiger partial charge on any atom is 0.407 e. The predicted octanol–water partition coefficient (Wildman–Crippen LogP) is 3.73. The highest BCUT2D eigenvalue weighted by Crippen LogP contribution is 2.30. The summed E-state index contributed by atoms with van der Waals surface area (Å²) in [7, 11) is -0.367. The normalized spacial score (nSPS) is 12.2. The van der Waals surface area contributed by atoms with Crippen molar-refractivity contribution in [2.24, 2.45) is 0 Å². The summed E-state index contributed by atoms with van der Waals surface area (Å²) in [6.45, 7) is 0.434. The second-order valence-corrected chi connectivity index (χ2v) is 10.2. The Bertz CT molecular complexity index is 1300. The first-order valence-electron chi connectivity index (χ1n) is 11.6. The number of unbranched alkanes of at least 4 members (excludes halogenated alkanes) is 1. The third-order valence-electron chi connectivity index (χ3n) is 5.63. The summed E-state index contributed by atoms with van der Waals surface area (Å²) in [5.41, 5.74) is 1.72. The molecule has 0 aromatic heterocycles. The molecule has 9 nitrogen and oxygen atoms in total. The summed E-state index contributed by atoms with van der Waals surface area (Å²) in [6, 6.07) is 18.3. The lowest BCUT2D eigenvalue weighted by Crippen LogP contribution is -2.40. The van der Waals surface area contributed by atoms with Crippen molar-refractivity contribution in [3.05, 3.63) is 72.3 Å². The fraction of sp³-hybridized carbons (Fsp3) is 0.308. The number of hydrogen-bond donors (Lipinski definition) is 3. The molecule has 0 aliphatic rings. The second kappa shape index (κ2) is 12.4. The van der Waals surface area contributed by atoms with E-state index in [-0.39, 0.29) is 24.5 Å². The molecule has 0 saturated carbocycles. The van der Waals surface area contributed by atoms with Crippen LogP contribution in [0.4, 0.5) is 10.5 Å². The van der Waals surface area contributed by atoms with Gasteiger partial charge in [0.2, 0.25) is 10.0 Å². The molecule has 0 heterocycles. The van der Waals surface area contributed by atoms with Crippen LogP contribution in [-0.4, -0.2) is 52.3 Å². The molecular weight excluding hydrogens is 482 g/mol. The Morgan fingerprint density at radius 2 is 1.64 bits per heavy atom. The minimum atomic E-state index is -4.10. The van der Waals surface area contributed by atoms with Crippen LogP contribution >= 0.6 is 0 Å². The maximum atomic E-state index is 13.1. The van der Waals surface area contributed by atoms with Gasteiger partial charge in [0.25, 0.3) is 0 Å². The fourth-order valence-corrected chi connectivity index (χ4v) is 5.26. The number of carbonyl (C=O) groups excluding carboxylic acids is 1. The molecule has 0 radical (unpaired) electrons. The van der Waals surface area contributed by atoms with E-state index in [4.69, 9.17) is 4.74 Å². The van der Waals surface area contributed by atoms with Crippen molar-refractivity contribution in [2.75, 3.05) is 25.5 Å². The largest absolute Gasteiger partial charge is 0.480 e.